The van der Waals surface area contributed by atoms with Crippen LogP contribution in [0, 0.1) is 0 Å². The molecule has 10 atom stereocenters. The molecule has 0 spiro atoms. The van der Waals surface area contributed by atoms with Crippen molar-refractivity contribution in [1.82, 2.24) is 0 Å². The van der Waals surface area contributed by atoms with Gasteiger partial charge in [-0.05, 0) is 6.07 Å². The SMILES string of the molecule is NC(=O)c1ccc[n+]([C@@H]2O[C@H](COP(=O)(O)OP(=O)(O)OC[C@H]3O[C@@H](N)[C@H](OP(=O)(O)O)[C@@H]3O)[C@@H](O)[C@H]2O)c1. The molecule has 2 saturated heterocycles. The molecule has 3 rings (SSSR count). The number of ether oxygens (including phenoxy) is 2. The molecule has 39 heavy (non-hydrogen) atoms. The maximum absolute atomic E-state index is 12.2. The molecule has 2 unspecified atom stereocenters. The third-order valence-corrected chi connectivity index (χ3v) is 8.50. The van der Waals surface area contributed by atoms with Crippen LogP contribution in [0.1, 0.15) is 16.6 Å². The Labute approximate surface area is 219 Å². The van der Waals surface area contributed by atoms with Crippen molar-refractivity contribution >= 4 is 29.4 Å². The number of phosphoric acid groups is 3. The average Bonchev–Trinajstić information content (AvgIpc) is 3.25. The number of rotatable bonds is 12. The number of carbonyl (C=O) groups excluding carboxylic acids is 1. The van der Waals surface area contributed by atoms with Crippen molar-refractivity contribution in [3.63, 3.8) is 0 Å². The van der Waals surface area contributed by atoms with Gasteiger partial charge in [0.2, 0.25) is 0 Å². The molecule has 1 amide bonds. The summed E-state index contributed by atoms with van der Waals surface area (Å²) in [4.78, 5) is 48.7. The number of pyridine rings is 1. The largest absolute Gasteiger partial charge is 0.481 e. The first kappa shape index (κ1) is 32.3. The second-order valence-corrected chi connectivity index (χ2v) is 12.5. The third kappa shape index (κ3) is 8.62. The van der Waals surface area contributed by atoms with Crippen LogP contribution in [0.5, 0.6) is 0 Å². The maximum Gasteiger partial charge on any atom is 0.481 e. The molecule has 0 aromatic carbocycles. The van der Waals surface area contributed by atoms with Gasteiger partial charge in [-0.3, -0.25) is 18.4 Å². The summed E-state index contributed by atoms with van der Waals surface area (Å²) in [6, 6.07) is 2.79. The summed E-state index contributed by atoms with van der Waals surface area (Å²) in [5.74, 6) is -0.780. The minimum absolute atomic E-state index is 0.0526. The first-order chi connectivity index (χ1) is 17.9. The number of hydrogen-bond donors (Lipinski definition) is 9. The topological polar surface area (TPSA) is 321 Å². The van der Waals surface area contributed by atoms with Crippen molar-refractivity contribution in [1.29, 1.82) is 0 Å². The highest BCUT2D eigenvalue weighted by atomic mass is 31.3. The zero-order chi connectivity index (χ0) is 29.3. The Morgan fingerprint density at radius 1 is 0.949 bits per heavy atom. The van der Waals surface area contributed by atoms with E-state index in [9.17, 15) is 43.6 Å². The summed E-state index contributed by atoms with van der Waals surface area (Å²) in [5.41, 5.74) is 10.7. The van der Waals surface area contributed by atoms with Gasteiger partial charge in [-0.1, -0.05) is 0 Å². The molecule has 2 aliphatic heterocycles. The number of carbonyl (C=O) groups is 1. The van der Waals surface area contributed by atoms with Crippen molar-refractivity contribution < 1.29 is 85.3 Å². The Hall–Kier alpha value is -1.25. The molecule has 222 valence electrons. The number of aliphatic hydroxyl groups excluding tert-OH is 3. The Morgan fingerprint density at radius 2 is 1.51 bits per heavy atom. The highest BCUT2D eigenvalue weighted by Crippen LogP contribution is 2.60. The van der Waals surface area contributed by atoms with Crippen molar-refractivity contribution in [2.24, 2.45) is 11.5 Å². The molecule has 0 aliphatic carbocycles. The van der Waals surface area contributed by atoms with Crippen LogP contribution in [-0.4, -0.2) is 96.9 Å². The second kappa shape index (κ2) is 12.3. The van der Waals surface area contributed by atoms with Crippen LogP contribution in [0.2, 0.25) is 0 Å². The van der Waals surface area contributed by atoms with Gasteiger partial charge in [-0.2, -0.15) is 8.88 Å². The van der Waals surface area contributed by atoms with Gasteiger partial charge in [0.25, 0.3) is 12.1 Å². The van der Waals surface area contributed by atoms with Gasteiger partial charge >= 0.3 is 23.5 Å². The zero-order valence-corrected chi connectivity index (χ0v) is 22.2. The first-order valence-corrected chi connectivity index (χ1v) is 15.2. The van der Waals surface area contributed by atoms with Crippen LogP contribution in [0.15, 0.2) is 24.5 Å². The molecular formula is C16H27N3O17P3+. The lowest BCUT2D eigenvalue weighted by Gasteiger charge is -2.21. The van der Waals surface area contributed by atoms with E-state index >= 15 is 0 Å². The molecule has 1 aromatic rings. The van der Waals surface area contributed by atoms with Gasteiger partial charge in [0.15, 0.2) is 18.5 Å². The van der Waals surface area contributed by atoms with Crippen LogP contribution in [-0.2, 0) is 41.1 Å². The standard InChI is InChI=1S/C16H26N3O17P3/c17-14(23)7-2-1-3-19(4-7)16-12(22)10(20)8(34-16)5-31-38(27,28)36-39(29,30)32-6-9-11(21)13(15(18)33-9)35-37(24,25)26/h1-4,8-13,15-16,20-22H,5-6,18H2,(H5-,17,23,24,25,26,27,28,29,30)/p+1/t8-,9-,10-,11-,12-,13-,15-,16-/m1/s1. The van der Waals surface area contributed by atoms with Crippen LogP contribution in [0.4, 0.5) is 0 Å². The fourth-order valence-electron chi connectivity index (χ4n) is 3.61. The van der Waals surface area contributed by atoms with Crippen LogP contribution < -0.4 is 16.0 Å². The van der Waals surface area contributed by atoms with Crippen molar-refractivity contribution in [2.75, 3.05) is 13.2 Å². The number of amides is 1. The predicted octanol–water partition coefficient (Wildman–Crippen LogP) is -3.53. The molecule has 1 aromatic heterocycles. The zero-order valence-electron chi connectivity index (χ0n) is 19.5. The first-order valence-electron chi connectivity index (χ1n) is 10.7. The number of primary amides is 1. The van der Waals surface area contributed by atoms with Crippen molar-refractivity contribution in [3.05, 3.63) is 30.1 Å². The Kier molecular flexibility index (Phi) is 10.2. The lowest BCUT2D eigenvalue weighted by Crippen LogP contribution is -2.46. The Bertz CT molecular complexity index is 1180. The Balaban J connectivity index is 1.54. The molecule has 20 nitrogen and oxygen atoms in total. The van der Waals surface area contributed by atoms with E-state index in [0.717, 1.165) is 0 Å². The van der Waals surface area contributed by atoms with Gasteiger partial charge in [0, 0.05) is 6.07 Å². The molecule has 23 heteroatoms. The number of aliphatic hydroxyl groups is 3. The van der Waals surface area contributed by atoms with Crippen LogP contribution >= 0.6 is 23.5 Å². The number of hydrogen-bond acceptors (Lipinski definition) is 14. The highest BCUT2D eigenvalue weighted by Gasteiger charge is 2.50. The van der Waals surface area contributed by atoms with E-state index in [4.69, 9.17) is 30.7 Å². The summed E-state index contributed by atoms with van der Waals surface area (Å²) in [7, 11) is -15.9. The lowest BCUT2D eigenvalue weighted by atomic mass is 10.1. The van der Waals surface area contributed by atoms with E-state index in [0.29, 0.717) is 0 Å². The molecule has 3 heterocycles. The predicted molar refractivity (Wildman–Crippen MR) is 119 cm³/mol. The highest BCUT2D eigenvalue weighted by molar-refractivity contribution is 7.61. The average molecular weight is 626 g/mol. The molecule has 0 bridgehead atoms. The van der Waals surface area contributed by atoms with E-state index < -0.39 is 91.7 Å². The number of nitrogens with zero attached hydrogens (tertiary/aromatic N) is 1. The minimum atomic E-state index is -5.40. The molecule has 2 fully saturated rings. The van der Waals surface area contributed by atoms with Crippen LogP contribution in [0.25, 0.3) is 0 Å². The van der Waals surface area contributed by atoms with E-state index in [2.05, 4.69) is 17.9 Å². The lowest BCUT2D eigenvalue weighted by molar-refractivity contribution is -0.765. The fraction of sp³-hybridized carbons (Fsp3) is 0.625. The summed E-state index contributed by atoms with van der Waals surface area (Å²) in [6.45, 7) is -1.94. The summed E-state index contributed by atoms with van der Waals surface area (Å²) >= 11 is 0. The van der Waals surface area contributed by atoms with Crippen LogP contribution in [0.3, 0.4) is 0 Å². The number of nitrogens with two attached hydrogens (primary N) is 2. The summed E-state index contributed by atoms with van der Waals surface area (Å²) in [5, 5.41) is 30.6. The van der Waals surface area contributed by atoms with Gasteiger partial charge in [-0.25, -0.2) is 13.7 Å². The van der Waals surface area contributed by atoms with E-state index in [1.54, 1.807) is 0 Å². The van der Waals surface area contributed by atoms with Gasteiger partial charge < -0.3 is 55.8 Å². The third-order valence-electron chi connectivity index (χ3n) is 5.38. The molecule has 11 N–H and O–H groups in total. The Morgan fingerprint density at radius 3 is 2.05 bits per heavy atom. The smallest absolute Gasteiger partial charge is 0.387 e. The monoisotopic (exact) mass is 626 g/mol. The summed E-state index contributed by atoms with van der Waals surface area (Å²) < 4.78 is 64.4. The molecular weight excluding hydrogens is 599 g/mol. The quantitative estimate of drug-likeness (QED) is 0.0801. The normalized spacial score (nSPS) is 34.5. The van der Waals surface area contributed by atoms with Gasteiger partial charge in [-0.15, -0.1) is 0 Å². The van der Waals surface area contributed by atoms with Crippen molar-refractivity contribution in [2.45, 2.75) is 49.1 Å². The minimum Gasteiger partial charge on any atom is -0.387 e. The van der Waals surface area contributed by atoms with Gasteiger partial charge in [0.05, 0.1) is 13.2 Å². The van der Waals surface area contributed by atoms with E-state index in [-0.39, 0.29) is 5.56 Å². The summed E-state index contributed by atoms with van der Waals surface area (Å²) in [6.07, 6.45) is -10.1. The number of phosphoric ester groups is 3. The van der Waals surface area contributed by atoms with E-state index in [1.165, 1.54) is 29.1 Å². The van der Waals surface area contributed by atoms with E-state index in [1.807, 2.05) is 0 Å². The fourth-order valence-corrected chi connectivity index (χ4v) is 6.26. The molecule has 0 radical (unpaired) electrons. The van der Waals surface area contributed by atoms with Gasteiger partial charge in [0.1, 0.15) is 42.3 Å². The maximum atomic E-state index is 12.2. The number of aromatic nitrogens is 1. The second-order valence-electron chi connectivity index (χ2n) is 8.25. The van der Waals surface area contributed by atoms with Crippen molar-refractivity contribution in [3.8, 4) is 0 Å². The molecule has 2 aliphatic rings. The molecule has 0 saturated carbocycles.